The van der Waals surface area contributed by atoms with Crippen LogP contribution in [0.15, 0.2) is 48.5 Å². The summed E-state index contributed by atoms with van der Waals surface area (Å²) in [5.74, 6) is 0.196. The van der Waals surface area contributed by atoms with Crippen molar-refractivity contribution in [3.05, 3.63) is 54.1 Å². The monoisotopic (exact) mass is 352 g/mol. The lowest BCUT2D eigenvalue weighted by molar-refractivity contribution is -0.118. The van der Waals surface area contributed by atoms with Gasteiger partial charge < -0.3 is 15.4 Å². The van der Waals surface area contributed by atoms with E-state index in [1.54, 1.807) is 48.5 Å². The lowest BCUT2D eigenvalue weighted by Crippen LogP contribution is -2.20. The summed E-state index contributed by atoms with van der Waals surface area (Å²) >= 11 is 0. The number of hydrogen-bond donors (Lipinski definition) is 2. The number of hydrogen-bond acceptors (Lipinski definition) is 4. The minimum atomic E-state index is -0.330. The molecule has 0 unspecified atom stereocenters. The molecule has 26 heavy (non-hydrogen) atoms. The van der Waals surface area contributed by atoms with Crippen LogP contribution in [-0.4, -0.2) is 24.2 Å². The predicted molar refractivity (Wildman–Crippen MR) is 98.4 cm³/mol. The zero-order valence-corrected chi connectivity index (χ0v) is 14.5. The van der Waals surface area contributed by atoms with Crippen molar-refractivity contribution in [3.8, 4) is 5.75 Å². The summed E-state index contributed by atoms with van der Waals surface area (Å²) in [5.41, 5.74) is 1.75. The first-order valence-electron chi connectivity index (χ1n) is 8.46. The molecule has 0 atom stereocenters. The van der Waals surface area contributed by atoms with Gasteiger partial charge in [0.2, 0.25) is 5.91 Å². The zero-order valence-electron chi connectivity index (χ0n) is 14.5. The number of anilines is 2. The highest BCUT2D eigenvalue weighted by molar-refractivity contribution is 5.96. The molecule has 1 fully saturated rings. The van der Waals surface area contributed by atoms with E-state index >= 15 is 0 Å². The van der Waals surface area contributed by atoms with E-state index in [1.807, 2.05) is 0 Å². The topological polar surface area (TPSA) is 84.5 Å². The van der Waals surface area contributed by atoms with Crippen molar-refractivity contribution >= 4 is 29.0 Å². The molecule has 3 rings (SSSR count). The lowest BCUT2D eigenvalue weighted by atomic mass is 10.1. The fraction of sp³-hybridized carbons (Fsp3) is 0.250. The van der Waals surface area contributed by atoms with Crippen LogP contribution < -0.4 is 15.4 Å². The van der Waals surface area contributed by atoms with Crippen LogP contribution in [0.4, 0.5) is 11.4 Å². The molecule has 134 valence electrons. The third-order valence-corrected chi connectivity index (χ3v) is 3.97. The van der Waals surface area contributed by atoms with Gasteiger partial charge in [-0.05, 0) is 50.1 Å². The maximum atomic E-state index is 12.1. The molecule has 0 spiro atoms. The second-order valence-electron chi connectivity index (χ2n) is 6.27. The molecule has 0 aliphatic heterocycles. The van der Waals surface area contributed by atoms with Gasteiger partial charge in [0.1, 0.15) is 5.75 Å². The van der Waals surface area contributed by atoms with Crippen LogP contribution >= 0.6 is 0 Å². The van der Waals surface area contributed by atoms with E-state index in [0.717, 1.165) is 12.8 Å². The molecular formula is C20H20N2O4. The van der Waals surface area contributed by atoms with Crippen molar-refractivity contribution in [3.63, 3.8) is 0 Å². The summed E-state index contributed by atoms with van der Waals surface area (Å²) in [6.07, 6.45) is 1.87. The predicted octanol–water partition coefficient (Wildman–Crippen LogP) is 3.26. The van der Waals surface area contributed by atoms with Gasteiger partial charge >= 0.3 is 0 Å². The Bertz CT molecular complexity index is 843. The molecule has 2 aromatic carbocycles. The minimum Gasteiger partial charge on any atom is -0.484 e. The normalized spacial score (nSPS) is 13.0. The molecule has 1 aliphatic rings. The first kappa shape index (κ1) is 17.7. The molecule has 0 heterocycles. The number of amides is 2. The Morgan fingerprint density at radius 2 is 1.69 bits per heavy atom. The Hall–Kier alpha value is -3.15. The van der Waals surface area contributed by atoms with Crippen LogP contribution in [0.2, 0.25) is 0 Å². The lowest BCUT2D eigenvalue weighted by Gasteiger charge is -2.10. The average molecular weight is 352 g/mol. The molecule has 6 heteroatoms. The molecule has 0 saturated heterocycles. The Balaban J connectivity index is 1.53. The number of benzene rings is 2. The van der Waals surface area contributed by atoms with E-state index < -0.39 is 0 Å². The van der Waals surface area contributed by atoms with Crippen molar-refractivity contribution in [2.24, 2.45) is 5.92 Å². The zero-order chi connectivity index (χ0) is 18.5. The van der Waals surface area contributed by atoms with E-state index in [9.17, 15) is 14.4 Å². The van der Waals surface area contributed by atoms with Gasteiger partial charge in [-0.25, -0.2) is 0 Å². The van der Waals surface area contributed by atoms with Crippen LogP contribution in [0.5, 0.6) is 5.75 Å². The van der Waals surface area contributed by atoms with Gasteiger partial charge in [-0.2, -0.15) is 0 Å². The number of rotatable bonds is 7. The highest BCUT2D eigenvalue weighted by Gasteiger charge is 2.29. The highest BCUT2D eigenvalue weighted by atomic mass is 16.5. The van der Waals surface area contributed by atoms with Gasteiger partial charge in [-0.1, -0.05) is 18.2 Å². The second-order valence-corrected chi connectivity index (χ2v) is 6.27. The summed E-state index contributed by atoms with van der Waals surface area (Å²) in [5, 5.41) is 5.56. The molecule has 2 aromatic rings. The molecule has 1 saturated carbocycles. The first-order valence-corrected chi connectivity index (χ1v) is 8.46. The first-order chi connectivity index (χ1) is 12.5. The fourth-order valence-corrected chi connectivity index (χ4v) is 2.42. The Morgan fingerprint density at radius 1 is 1.00 bits per heavy atom. The molecule has 0 aromatic heterocycles. The van der Waals surface area contributed by atoms with Gasteiger partial charge in [0.15, 0.2) is 12.4 Å². The van der Waals surface area contributed by atoms with Crippen molar-refractivity contribution in [2.75, 3.05) is 17.2 Å². The number of carbonyl (C=O) groups excluding carboxylic acids is 3. The summed E-state index contributed by atoms with van der Waals surface area (Å²) in [4.78, 5) is 35.2. The number of ether oxygens (including phenoxy) is 1. The standard InChI is InChI=1S/C20H20N2O4/c1-13(23)15-4-2-7-18(10-15)26-12-19(24)21-16-5-3-6-17(11-16)22-20(25)14-8-9-14/h2-7,10-11,14H,8-9,12H2,1H3,(H,21,24)(H,22,25). The van der Waals surface area contributed by atoms with Crippen LogP contribution in [0, 0.1) is 5.92 Å². The van der Waals surface area contributed by atoms with Crippen LogP contribution in [0.25, 0.3) is 0 Å². The second kappa shape index (κ2) is 7.82. The molecule has 1 aliphatic carbocycles. The Labute approximate surface area is 151 Å². The molecule has 2 N–H and O–H groups in total. The van der Waals surface area contributed by atoms with Crippen molar-refractivity contribution in [2.45, 2.75) is 19.8 Å². The maximum Gasteiger partial charge on any atom is 0.262 e. The summed E-state index contributed by atoms with van der Waals surface area (Å²) in [6.45, 7) is 1.29. The van der Waals surface area contributed by atoms with Crippen molar-refractivity contribution in [1.82, 2.24) is 0 Å². The van der Waals surface area contributed by atoms with E-state index in [-0.39, 0.29) is 30.1 Å². The van der Waals surface area contributed by atoms with Gasteiger partial charge in [0, 0.05) is 22.9 Å². The summed E-state index contributed by atoms with van der Waals surface area (Å²) in [6, 6.07) is 13.7. The van der Waals surface area contributed by atoms with Gasteiger partial charge in [0.05, 0.1) is 0 Å². The molecule has 6 nitrogen and oxygen atoms in total. The maximum absolute atomic E-state index is 12.1. The fourth-order valence-electron chi connectivity index (χ4n) is 2.42. The third-order valence-electron chi connectivity index (χ3n) is 3.97. The van der Waals surface area contributed by atoms with E-state index in [0.29, 0.717) is 22.7 Å². The van der Waals surface area contributed by atoms with Crippen molar-refractivity contribution in [1.29, 1.82) is 0 Å². The SMILES string of the molecule is CC(=O)c1cccc(OCC(=O)Nc2cccc(NC(=O)C3CC3)c2)c1. The molecular weight excluding hydrogens is 332 g/mol. The van der Waals surface area contributed by atoms with E-state index in [1.165, 1.54) is 6.92 Å². The number of ketones is 1. The number of Topliss-reactive ketones (excluding diaryl/α,β-unsaturated/α-hetero) is 1. The van der Waals surface area contributed by atoms with Gasteiger partial charge in [-0.3, -0.25) is 14.4 Å². The quantitative estimate of drug-likeness (QED) is 0.749. The Morgan fingerprint density at radius 3 is 2.38 bits per heavy atom. The number of carbonyl (C=O) groups is 3. The van der Waals surface area contributed by atoms with Crippen LogP contribution in [-0.2, 0) is 9.59 Å². The van der Waals surface area contributed by atoms with Gasteiger partial charge in [-0.15, -0.1) is 0 Å². The number of nitrogens with one attached hydrogen (secondary N) is 2. The summed E-state index contributed by atoms with van der Waals surface area (Å²) in [7, 11) is 0. The van der Waals surface area contributed by atoms with E-state index in [2.05, 4.69) is 10.6 Å². The largest absolute Gasteiger partial charge is 0.484 e. The van der Waals surface area contributed by atoms with Crippen molar-refractivity contribution < 1.29 is 19.1 Å². The average Bonchev–Trinajstić information content (AvgIpc) is 3.46. The van der Waals surface area contributed by atoms with E-state index in [4.69, 9.17) is 4.74 Å². The molecule has 0 radical (unpaired) electrons. The minimum absolute atomic E-state index is 0.0159. The molecule has 0 bridgehead atoms. The van der Waals surface area contributed by atoms with Gasteiger partial charge in [0.25, 0.3) is 5.91 Å². The van der Waals surface area contributed by atoms with Crippen LogP contribution in [0.1, 0.15) is 30.1 Å². The smallest absolute Gasteiger partial charge is 0.262 e. The third kappa shape index (κ3) is 4.92. The Kier molecular flexibility index (Phi) is 5.31. The summed E-state index contributed by atoms with van der Waals surface area (Å²) < 4.78 is 5.43. The van der Waals surface area contributed by atoms with Crippen LogP contribution in [0.3, 0.4) is 0 Å². The highest BCUT2D eigenvalue weighted by Crippen LogP contribution is 2.30. The molecule has 2 amide bonds.